The summed E-state index contributed by atoms with van der Waals surface area (Å²) >= 11 is 5.97. The van der Waals surface area contributed by atoms with Crippen molar-refractivity contribution in [3.63, 3.8) is 0 Å². The fourth-order valence-electron chi connectivity index (χ4n) is 2.16. The summed E-state index contributed by atoms with van der Waals surface area (Å²) in [5.41, 5.74) is 1.90. The summed E-state index contributed by atoms with van der Waals surface area (Å²) in [6.45, 7) is 3.97. The molecule has 25 heavy (non-hydrogen) atoms. The van der Waals surface area contributed by atoms with Crippen molar-refractivity contribution in [3.8, 4) is 17.6 Å². The number of amides is 1. The Morgan fingerprint density at radius 3 is 2.76 bits per heavy atom. The van der Waals surface area contributed by atoms with Crippen LogP contribution in [0.4, 0.5) is 5.69 Å². The van der Waals surface area contributed by atoms with Gasteiger partial charge in [0.05, 0.1) is 11.6 Å². The highest BCUT2D eigenvalue weighted by Crippen LogP contribution is 2.35. The lowest BCUT2D eigenvalue weighted by molar-refractivity contribution is -0.112. The lowest BCUT2D eigenvalue weighted by atomic mass is 10.1. The van der Waals surface area contributed by atoms with Crippen molar-refractivity contribution < 1.29 is 14.6 Å². The van der Waals surface area contributed by atoms with E-state index in [0.29, 0.717) is 17.9 Å². The van der Waals surface area contributed by atoms with Crippen LogP contribution in [0.15, 0.2) is 42.0 Å². The highest BCUT2D eigenvalue weighted by molar-refractivity contribution is 6.32. The number of phenols is 1. The number of carbonyl (C=O) groups excluding carboxylic acids is 1. The molecule has 0 aliphatic rings. The molecule has 2 aromatic rings. The van der Waals surface area contributed by atoms with Crippen molar-refractivity contribution in [1.29, 1.82) is 5.26 Å². The van der Waals surface area contributed by atoms with E-state index in [4.69, 9.17) is 16.3 Å². The normalized spacial score (nSPS) is 10.9. The van der Waals surface area contributed by atoms with E-state index in [1.165, 1.54) is 18.2 Å². The summed E-state index contributed by atoms with van der Waals surface area (Å²) < 4.78 is 5.30. The molecule has 5 nitrogen and oxygen atoms in total. The Morgan fingerprint density at radius 2 is 2.12 bits per heavy atom. The molecule has 0 atom stereocenters. The van der Waals surface area contributed by atoms with Gasteiger partial charge in [-0.2, -0.15) is 5.26 Å². The van der Waals surface area contributed by atoms with Crippen LogP contribution in [-0.4, -0.2) is 17.6 Å². The van der Waals surface area contributed by atoms with Crippen LogP contribution in [0.1, 0.15) is 18.1 Å². The van der Waals surface area contributed by atoms with E-state index < -0.39 is 5.91 Å². The molecular formula is C19H17ClN2O3. The number of rotatable bonds is 5. The standard InChI is InChI=1S/C19H17ClN2O3/c1-3-25-17-10-13(9-15(20)18(17)23)8-14(11-21)19(24)22-16-7-5-4-6-12(16)2/h4-10,23H,3H2,1-2H3,(H,22,24)/b14-8+. The van der Waals surface area contributed by atoms with Gasteiger partial charge in [0.15, 0.2) is 11.5 Å². The van der Waals surface area contributed by atoms with Gasteiger partial charge in [0.25, 0.3) is 5.91 Å². The average molecular weight is 357 g/mol. The number of hydrogen-bond acceptors (Lipinski definition) is 4. The quantitative estimate of drug-likeness (QED) is 0.618. The smallest absolute Gasteiger partial charge is 0.266 e. The highest BCUT2D eigenvalue weighted by atomic mass is 35.5. The van der Waals surface area contributed by atoms with Gasteiger partial charge >= 0.3 is 0 Å². The molecule has 0 aliphatic carbocycles. The summed E-state index contributed by atoms with van der Waals surface area (Å²) in [6, 6.07) is 12.1. The second-order valence-corrected chi connectivity index (χ2v) is 5.63. The van der Waals surface area contributed by atoms with Gasteiger partial charge in [0.2, 0.25) is 0 Å². The second-order valence-electron chi connectivity index (χ2n) is 5.22. The maximum absolute atomic E-state index is 12.3. The Kier molecular flexibility index (Phi) is 6.04. The lowest BCUT2D eigenvalue weighted by Gasteiger charge is -2.09. The summed E-state index contributed by atoms with van der Waals surface area (Å²) in [5.74, 6) is -0.514. The maximum atomic E-state index is 12.3. The van der Waals surface area contributed by atoms with Gasteiger partial charge < -0.3 is 15.2 Å². The monoisotopic (exact) mass is 356 g/mol. The van der Waals surface area contributed by atoms with Gasteiger partial charge in [0.1, 0.15) is 11.6 Å². The maximum Gasteiger partial charge on any atom is 0.266 e. The van der Waals surface area contributed by atoms with E-state index in [1.54, 1.807) is 19.1 Å². The van der Waals surface area contributed by atoms with E-state index >= 15 is 0 Å². The summed E-state index contributed by atoms with van der Waals surface area (Å²) in [4.78, 5) is 12.3. The van der Waals surface area contributed by atoms with Gasteiger partial charge in [-0.3, -0.25) is 4.79 Å². The van der Waals surface area contributed by atoms with E-state index in [2.05, 4.69) is 5.32 Å². The molecule has 128 valence electrons. The average Bonchev–Trinajstić information content (AvgIpc) is 2.59. The van der Waals surface area contributed by atoms with Crippen LogP contribution in [0.2, 0.25) is 5.02 Å². The van der Waals surface area contributed by atoms with Crippen molar-refractivity contribution in [2.45, 2.75) is 13.8 Å². The summed E-state index contributed by atoms with van der Waals surface area (Å²) in [6.07, 6.45) is 1.39. The fourth-order valence-corrected chi connectivity index (χ4v) is 2.38. The Balaban J connectivity index is 2.32. The van der Waals surface area contributed by atoms with Crippen molar-refractivity contribution >= 4 is 29.3 Å². The highest BCUT2D eigenvalue weighted by Gasteiger charge is 2.13. The number of para-hydroxylation sites is 1. The third-order valence-electron chi connectivity index (χ3n) is 3.42. The van der Waals surface area contributed by atoms with Crippen LogP contribution in [0.3, 0.4) is 0 Å². The first-order valence-corrected chi connectivity index (χ1v) is 7.98. The number of phenolic OH excluding ortho intramolecular Hbond substituents is 1. The van der Waals surface area contributed by atoms with Gasteiger partial charge in [-0.25, -0.2) is 0 Å². The minimum Gasteiger partial charge on any atom is -0.503 e. The molecule has 0 aliphatic heterocycles. The number of ether oxygens (including phenoxy) is 1. The predicted octanol–water partition coefficient (Wildman–Crippen LogP) is 4.30. The van der Waals surface area contributed by atoms with Gasteiger partial charge in [-0.05, 0) is 49.2 Å². The van der Waals surface area contributed by atoms with Gasteiger partial charge in [0, 0.05) is 5.69 Å². The number of anilines is 1. The molecular weight excluding hydrogens is 340 g/mol. The zero-order valence-corrected chi connectivity index (χ0v) is 14.6. The Labute approximate surface area is 151 Å². The number of benzene rings is 2. The number of halogens is 1. The first-order valence-electron chi connectivity index (χ1n) is 7.60. The lowest BCUT2D eigenvalue weighted by Crippen LogP contribution is -2.14. The molecule has 2 aromatic carbocycles. The van der Waals surface area contributed by atoms with E-state index in [9.17, 15) is 15.2 Å². The summed E-state index contributed by atoms with van der Waals surface area (Å²) in [5, 5.41) is 21.9. The first-order chi connectivity index (χ1) is 12.0. The van der Waals surface area contributed by atoms with Gasteiger partial charge in [-0.15, -0.1) is 0 Å². The van der Waals surface area contributed by atoms with Crippen molar-refractivity contribution in [2.24, 2.45) is 0 Å². The van der Waals surface area contributed by atoms with E-state index in [1.807, 2.05) is 25.1 Å². The SMILES string of the molecule is CCOc1cc(/C=C(\C#N)C(=O)Nc2ccccc2C)cc(Cl)c1O. The van der Waals surface area contributed by atoms with Crippen LogP contribution in [0.25, 0.3) is 6.08 Å². The van der Waals surface area contributed by atoms with Crippen LogP contribution in [0.5, 0.6) is 11.5 Å². The predicted molar refractivity (Wildman–Crippen MR) is 97.7 cm³/mol. The largest absolute Gasteiger partial charge is 0.503 e. The molecule has 0 spiro atoms. The topological polar surface area (TPSA) is 82.3 Å². The van der Waals surface area contributed by atoms with E-state index in [0.717, 1.165) is 5.56 Å². The first kappa shape index (κ1) is 18.4. The van der Waals surface area contributed by atoms with Gasteiger partial charge in [-0.1, -0.05) is 29.8 Å². The third-order valence-corrected chi connectivity index (χ3v) is 3.71. The minimum atomic E-state index is -0.529. The summed E-state index contributed by atoms with van der Waals surface area (Å²) in [7, 11) is 0. The molecule has 0 saturated heterocycles. The number of nitriles is 1. The molecule has 6 heteroatoms. The molecule has 1 amide bonds. The van der Waals surface area contributed by atoms with Crippen molar-refractivity contribution in [1.82, 2.24) is 0 Å². The third kappa shape index (κ3) is 4.52. The molecule has 0 saturated carbocycles. The zero-order chi connectivity index (χ0) is 18.4. The molecule has 0 heterocycles. The Bertz CT molecular complexity index is 869. The zero-order valence-electron chi connectivity index (χ0n) is 13.8. The molecule has 0 radical (unpaired) electrons. The molecule has 0 unspecified atom stereocenters. The van der Waals surface area contributed by atoms with Crippen LogP contribution >= 0.6 is 11.6 Å². The molecule has 0 fully saturated rings. The number of nitrogens with one attached hydrogen (secondary N) is 1. The number of aryl methyl sites for hydroxylation is 1. The van der Waals surface area contributed by atoms with Crippen LogP contribution < -0.4 is 10.1 Å². The number of carbonyl (C=O) groups is 1. The van der Waals surface area contributed by atoms with Crippen molar-refractivity contribution in [2.75, 3.05) is 11.9 Å². The van der Waals surface area contributed by atoms with Crippen molar-refractivity contribution in [3.05, 3.63) is 58.1 Å². The molecule has 0 aromatic heterocycles. The van der Waals surface area contributed by atoms with E-state index in [-0.39, 0.29) is 22.1 Å². The molecule has 2 rings (SSSR count). The Hall–Kier alpha value is -2.97. The number of aromatic hydroxyl groups is 1. The van der Waals surface area contributed by atoms with Crippen LogP contribution in [0, 0.1) is 18.3 Å². The Morgan fingerprint density at radius 1 is 1.40 bits per heavy atom. The fraction of sp³-hybridized carbons (Fsp3) is 0.158. The number of hydrogen-bond donors (Lipinski definition) is 2. The minimum absolute atomic E-state index is 0.0776. The second kappa shape index (κ2) is 8.22. The van der Waals surface area contributed by atoms with Crippen LogP contribution in [-0.2, 0) is 4.79 Å². The molecule has 0 bridgehead atoms. The number of nitrogens with zero attached hydrogens (tertiary/aromatic N) is 1. The molecule has 2 N–H and O–H groups in total.